The Labute approximate surface area is 108 Å². The Bertz CT molecular complexity index is 462. The largest absolute Gasteiger partial charge is 0.388 e. The molecular formula is C14H22N2O2. The zero-order chi connectivity index (χ0) is 13.5. The molecule has 4 heteroatoms. The van der Waals surface area contributed by atoms with E-state index in [1.54, 1.807) is 0 Å². The number of nitrogens with two attached hydrogens (primary N) is 1. The van der Waals surface area contributed by atoms with Crippen LogP contribution in [0.1, 0.15) is 57.0 Å². The molecule has 0 saturated carbocycles. The van der Waals surface area contributed by atoms with Crippen LogP contribution in [0.5, 0.6) is 0 Å². The van der Waals surface area contributed by atoms with Crippen LogP contribution in [-0.4, -0.2) is 15.6 Å². The molecule has 0 aliphatic heterocycles. The Balaban J connectivity index is 2.33. The number of hydrogen-bond donors (Lipinski definition) is 2. The van der Waals surface area contributed by atoms with Crippen LogP contribution in [0.25, 0.3) is 0 Å². The molecule has 1 heterocycles. The van der Waals surface area contributed by atoms with E-state index in [0.717, 1.165) is 24.1 Å². The lowest BCUT2D eigenvalue weighted by molar-refractivity contribution is -0.118. The van der Waals surface area contributed by atoms with E-state index < -0.39 is 6.10 Å². The van der Waals surface area contributed by atoms with Crippen molar-refractivity contribution < 1.29 is 9.90 Å². The Kier molecular flexibility index (Phi) is 3.23. The molecule has 1 aliphatic rings. The van der Waals surface area contributed by atoms with Crippen LogP contribution >= 0.6 is 0 Å². The molecule has 1 aliphatic carbocycles. The number of carbonyl (C=O) groups excluding carboxylic acids is 1. The molecule has 2 rings (SSSR count). The zero-order valence-electron chi connectivity index (χ0n) is 11.3. The quantitative estimate of drug-likeness (QED) is 0.860. The highest BCUT2D eigenvalue weighted by Gasteiger charge is 2.33. The SMILES string of the molecule is CC(CC(N)=O)n1ccc2c1CC(C)(C)CC2O. The van der Waals surface area contributed by atoms with Crippen molar-refractivity contribution in [1.29, 1.82) is 0 Å². The number of amides is 1. The highest BCUT2D eigenvalue weighted by atomic mass is 16.3. The first-order valence-electron chi connectivity index (χ1n) is 6.46. The van der Waals surface area contributed by atoms with Gasteiger partial charge in [-0.3, -0.25) is 4.79 Å². The summed E-state index contributed by atoms with van der Waals surface area (Å²) in [5.41, 5.74) is 7.50. The van der Waals surface area contributed by atoms with Gasteiger partial charge in [-0.2, -0.15) is 0 Å². The van der Waals surface area contributed by atoms with Gasteiger partial charge in [0.05, 0.1) is 6.10 Å². The van der Waals surface area contributed by atoms with Crippen LogP contribution in [0.3, 0.4) is 0 Å². The minimum Gasteiger partial charge on any atom is -0.388 e. The zero-order valence-corrected chi connectivity index (χ0v) is 11.3. The first-order valence-corrected chi connectivity index (χ1v) is 6.46. The maximum Gasteiger partial charge on any atom is 0.219 e. The third-order valence-corrected chi connectivity index (χ3v) is 3.78. The summed E-state index contributed by atoms with van der Waals surface area (Å²) in [6.07, 6.45) is 3.61. The standard InChI is InChI=1S/C14H22N2O2/c1-9(6-13(15)18)16-5-4-10-11(16)7-14(2,3)8-12(10)17/h4-5,9,12,17H,6-8H2,1-3H3,(H2,15,18). The summed E-state index contributed by atoms with van der Waals surface area (Å²) >= 11 is 0. The fourth-order valence-electron chi connectivity index (χ4n) is 2.95. The van der Waals surface area contributed by atoms with Crippen LogP contribution < -0.4 is 5.73 Å². The number of nitrogens with zero attached hydrogens (tertiary/aromatic N) is 1. The molecular weight excluding hydrogens is 228 g/mol. The molecule has 0 radical (unpaired) electrons. The van der Waals surface area contributed by atoms with Crippen molar-refractivity contribution in [3.05, 3.63) is 23.5 Å². The maximum absolute atomic E-state index is 11.0. The predicted octanol–water partition coefficient (Wildman–Crippen LogP) is 1.93. The Morgan fingerprint density at radius 1 is 1.67 bits per heavy atom. The van der Waals surface area contributed by atoms with Gasteiger partial charge in [-0.15, -0.1) is 0 Å². The van der Waals surface area contributed by atoms with Gasteiger partial charge in [-0.25, -0.2) is 0 Å². The van der Waals surface area contributed by atoms with Gasteiger partial charge in [0.1, 0.15) is 0 Å². The first-order chi connectivity index (χ1) is 8.30. The monoisotopic (exact) mass is 250 g/mol. The van der Waals surface area contributed by atoms with Crippen LogP contribution in [-0.2, 0) is 11.2 Å². The summed E-state index contributed by atoms with van der Waals surface area (Å²) in [6.45, 7) is 6.31. The van der Waals surface area contributed by atoms with Crippen molar-refractivity contribution in [2.24, 2.45) is 11.1 Å². The smallest absolute Gasteiger partial charge is 0.219 e. The molecule has 0 aromatic carbocycles. The lowest BCUT2D eigenvalue weighted by atomic mass is 9.75. The second kappa shape index (κ2) is 4.43. The third kappa shape index (κ3) is 2.43. The van der Waals surface area contributed by atoms with Crippen LogP contribution in [0.2, 0.25) is 0 Å². The fourth-order valence-corrected chi connectivity index (χ4v) is 2.95. The molecule has 4 nitrogen and oxygen atoms in total. The lowest BCUT2D eigenvalue weighted by Gasteiger charge is -2.34. The highest BCUT2D eigenvalue weighted by Crippen LogP contribution is 2.41. The number of carbonyl (C=O) groups is 1. The van der Waals surface area contributed by atoms with E-state index >= 15 is 0 Å². The summed E-state index contributed by atoms with van der Waals surface area (Å²) in [7, 11) is 0. The molecule has 1 amide bonds. The molecule has 0 spiro atoms. The topological polar surface area (TPSA) is 68.2 Å². The number of fused-ring (bicyclic) bond motifs is 1. The van der Waals surface area contributed by atoms with Crippen molar-refractivity contribution in [3.63, 3.8) is 0 Å². The molecule has 1 aromatic rings. The normalized spacial score (nSPS) is 23.4. The van der Waals surface area contributed by atoms with Crippen molar-refractivity contribution in [2.75, 3.05) is 0 Å². The number of hydrogen-bond acceptors (Lipinski definition) is 2. The maximum atomic E-state index is 11.0. The van der Waals surface area contributed by atoms with Crippen molar-refractivity contribution in [2.45, 2.75) is 52.2 Å². The fraction of sp³-hybridized carbons (Fsp3) is 0.643. The van der Waals surface area contributed by atoms with E-state index in [0.29, 0.717) is 6.42 Å². The number of aliphatic hydroxyl groups is 1. The van der Waals surface area contributed by atoms with Gasteiger partial charge in [0.25, 0.3) is 0 Å². The summed E-state index contributed by atoms with van der Waals surface area (Å²) in [4.78, 5) is 11.0. The predicted molar refractivity (Wildman–Crippen MR) is 70.0 cm³/mol. The van der Waals surface area contributed by atoms with Crippen molar-refractivity contribution in [1.82, 2.24) is 4.57 Å². The van der Waals surface area contributed by atoms with Crippen LogP contribution in [0.15, 0.2) is 12.3 Å². The average Bonchev–Trinajstić information content (AvgIpc) is 2.58. The minimum absolute atomic E-state index is 0.0485. The number of aliphatic hydroxyl groups excluding tert-OH is 1. The second-order valence-electron chi connectivity index (χ2n) is 6.21. The van der Waals surface area contributed by atoms with Gasteiger partial charge in [0, 0.05) is 29.9 Å². The Hall–Kier alpha value is -1.29. The molecule has 18 heavy (non-hydrogen) atoms. The number of primary amides is 1. The second-order valence-corrected chi connectivity index (χ2v) is 6.21. The summed E-state index contributed by atoms with van der Waals surface area (Å²) < 4.78 is 2.09. The van der Waals surface area contributed by atoms with Gasteiger partial charge in [-0.1, -0.05) is 13.8 Å². The summed E-state index contributed by atoms with van der Waals surface area (Å²) in [5, 5.41) is 10.2. The van der Waals surface area contributed by atoms with Gasteiger partial charge in [-0.05, 0) is 31.2 Å². The van der Waals surface area contributed by atoms with Crippen LogP contribution in [0, 0.1) is 5.41 Å². The van der Waals surface area contributed by atoms with Crippen molar-refractivity contribution >= 4 is 5.91 Å². The lowest BCUT2D eigenvalue weighted by Crippen LogP contribution is -2.28. The molecule has 0 saturated heterocycles. The Morgan fingerprint density at radius 3 is 2.94 bits per heavy atom. The van der Waals surface area contributed by atoms with E-state index in [-0.39, 0.29) is 17.4 Å². The average molecular weight is 250 g/mol. The first kappa shape index (κ1) is 13.1. The third-order valence-electron chi connectivity index (χ3n) is 3.78. The molecule has 0 fully saturated rings. The summed E-state index contributed by atoms with van der Waals surface area (Å²) in [6, 6.07) is 2.01. The van der Waals surface area contributed by atoms with Gasteiger partial charge < -0.3 is 15.4 Å². The Morgan fingerprint density at radius 2 is 2.33 bits per heavy atom. The molecule has 2 unspecified atom stereocenters. The minimum atomic E-state index is -0.397. The number of rotatable bonds is 3. The van der Waals surface area contributed by atoms with Gasteiger partial charge in [0.15, 0.2) is 0 Å². The van der Waals surface area contributed by atoms with E-state index in [1.165, 1.54) is 0 Å². The van der Waals surface area contributed by atoms with E-state index in [1.807, 2.05) is 19.2 Å². The van der Waals surface area contributed by atoms with E-state index in [9.17, 15) is 9.90 Å². The van der Waals surface area contributed by atoms with E-state index in [2.05, 4.69) is 18.4 Å². The molecule has 3 N–H and O–H groups in total. The number of aromatic nitrogens is 1. The molecule has 2 atom stereocenters. The van der Waals surface area contributed by atoms with Crippen LogP contribution in [0.4, 0.5) is 0 Å². The highest BCUT2D eigenvalue weighted by molar-refractivity contribution is 5.74. The molecule has 1 aromatic heterocycles. The van der Waals surface area contributed by atoms with E-state index in [4.69, 9.17) is 5.73 Å². The van der Waals surface area contributed by atoms with Gasteiger partial charge in [0.2, 0.25) is 5.91 Å². The van der Waals surface area contributed by atoms with Gasteiger partial charge >= 0.3 is 0 Å². The summed E-state index contributed by atoms with van der Waals surface area (Å²) in [5.74, 6) is -0.291. The van der Waals surface area contributed by atoms with Crippen molar-refractivity contribution in [3.8, 4) is 0 Å². The molecule has 0 bridgehead atoms. The molecule has 100 valence electrons.